The number of amides is 1. The molecule has 0 spiro atoms. The van der Waals surface area contributed by atoms with Crippen LogP contribution in [0.1, 0.15) is 39.2 Å². The summed E-state index contributed by atoms with van der Waals surface area (Å²) < 4.78 is 33.9. The number of benzene rings is 1. The molecular weight excluding hydrogens is 355 g/mol. The van der Waals surface area contributed by atoms with E-state index in [1.807, 2.05) is 0 Å². The molecule has 1 rings (SSSR count). The molecule has 4 N–H and O–H groups in total. The Morgan fingerprint density at radius 1 is 1.48 bits per heavy atom. The van der Waals surface area contributed by atoms with Crippen molar-refractivity contribution in [3.05, 3.63) is 39.7 Å². The molecule has 0 heterocycles. The molecular formula is C15H21FN2O6S. The maximum atomic E-state index is 14.4. The number of primary amides is 1. The van der Waals surface area contributed by atoms with Crippen molar-refractivity contribution in [2.75, 3.05) is 0 Å². The number of halogens is 1. The zero-order valence-electron chi connectivity index (χ0n) is 14.1. The van der Waals surface area contributed by atoms with Crippen LogP contribution in [0.3, 0.4) is 0 Å². The van der Waals surface area contributed by atoms with Gasteiger partial charge in [-0.2, -0.15) is 0 Å². The Bertz CT molecular complexity index is 697. The molecule has 10 heteroatoms. The fourth-order valence-corrected chi connectivity index (χ4v) is 4.18. The van der Waals surface area contributed by atoms with Gasteiger partial charge >= 0.3 is 0 Å². The number of nitro benzene ring substituents is 1. The third-order valence-corrected chi connectivity index (χ3v) is 5.48. The van der Waals surface area contributed by atoms with E-state index in [9.17, 15) is 33.2 Å². The number of carbonyl (C=O) groups is 1. The number of rotatable bonds is 8. The molecule has 1 amide bonds. The van der Waals surface area contributed by atoms with Gasteiger partial charge in [-0.3, -0.25) is 14.9 Å². The van der Waals surface area contributed by atoms with Crippen LogP contribution < -0.4 is 5.73 Å². The summed E-state index contributed by atoms with van der Waals surface area (Å²) in [5, 5.41) is 22.1. The van der Waals surface area contributed by atoms with E-state index in [0.29, 0.717) is 0 Å². The Balaban J connectivity index is 3.85. The van der Waals surface area contributed by atoms with E-state index in [4.69, 9.17) is 5.73 Å². The standard InChI is InChI=1S/C15H21FN2O6S/c1-4-14(20,11-7-10(18(21)22)5-6-12(11)16)15(13(17)19,25(23)24)8-9(2)3/h5-7,9,20H,4,8H2,1-3H3,(H2,17,19)(H,23,24). The number of nitrogens with zero attached hydrogens (tertiary/aromatic N) is 1. The average Bonchev–Trinajstić information content (AvgIpc) is 2.51. The first kappa shape index (κ1) is 21.1. The van der Waals surface area contributed by atoms with E-state index >= 15 is 0 Å². The first-order chi connectivity index (χ1) is 11.4. The largest absolute Gasteiger partial charge is 0.383 e. The van der Waals surface area contributed by atoms with Crippen LogP contribution in [0.4, 0.5) is 10.1 Å². The fraction of sp³-hybridized carbons (Fsp3) is 0.533. The number of non-ortho nitro benzene ring substituents is 1. The van der Waals surface area contributed by atoms with Crippen molar-refractivity contribution in [2.24, 2.45) is 11.7 Å². The topological polar surface area (TPSA) is 144 Å². The Morgan fingerprint density at radius 3 is 2.40 bits per heavy atom. The summed E-state index contributed by atoms with van der Waals surface area (Å²) in [5.74, 6) is -2.70. The second-order valence-corrected chi connectivity index (χ2v) is 7.37. The fourth-order valence-electron chi connectivity index (χ4n) is 2.99. The summed E-state index contributed by atoms with van der Waals surface area (Å²) in [6.45, 7) is 4.62. The van der Waals surface area contributed by atoms with Crippen molar-refractivity contribution in [3.8, 4) is 0 Å². The highest BCUT2D eigenvalue weighted by Crippen LogP contribution is 2.45. The molecule has 0 saturated heterocycles. The van der Waals surface area contributed by atoms with Crippen LogP contribution in [-0.4, -0.2) is 29.4 Å². The number of aliphatic hydroxyl groups is 1. The lowest BCUT2D eigenvalue weighted by molar-refractivity contribution is -0.385. The van der Waals surface area contributed by atoms with E-state index in [-0.39, 0.29) is 18.8 Å². The number of nitro groups is 1. The molecule has 0 fully saturated rings. The van der Waals surface area contributed by atoms with Crippen molar-refractivity contribution in [2.45, 2.75) is 44.0 Å². The quantitative estimate of drug-likeness (QED) is 0.359. The third kappa shape index (κ3) is 3.55. The predicted octanol–water partition coefficient (Wildman–Crippen LogP) is 1.82. The molecule has 8 nitrogen and oxygen atoms in total. The highest BCUT2D eigenvalue weighted by molar-refractivity contribution is 7.81. The number of carbonyl (C=O) groups excluding carboxylic acids is 1. The van der Waals surface area contributed by atoms with Gasteiger partial charge in [0, 0.05) is 17.7 Å². The van der Waals surface area contributed by atoms with E-state index in [0.717, 1.165) is 18.2 Å². The molecule has 0 aliphatic heterocycles. The summed E-state index contributed by atoms with van der Waals surface area (Å²) in [6, 6.07) is 2.40. The van der Waals surface area contributed by atoms with Crippen LogP contribution in [0.2, 0.25) is 0 Å². The lowest BCUT2D eigenvalue weighted by Crippen LogP contribution is -2.63. The first-order valence-electron chi connectivity index (χ1n) is 7.51. The first-order valence-corrected chi connectivity index (χ1v) is 8.62. The van der Waals surface area contributed by atoms with Crippen LogP contribution in [-0.2, 0) is 21.5 Å². The summed E-state index contributed by atoms with van der Waals surface area (Å²) >= 11 is -2.97. The van der Waals surface area contributed by atoms with Gasteiger partial charge < -0.3 is 15.4 Å². The van der Waals surface area contributed by atoms with Crippen molar-refractivity contribution < 1.29 is 28.0 Å². The highest BCUT2D eigenvalue weighted by atomic mass is 32.2. The summed E-state index contributed by atoms with van der Waals surface area (Å²) in [4.78, 5) is 22.3. The maximum Gasteiger partial charge on any atom is 0.270 e. The molecule has 0 aliphatic rings. The van der Waals surface area contributed by atoms with Crippen molar-refractivity contribution in [1.82, 2.24) is 0 Å². The molecule has 3 unspecified atom stereocenters. The van der Waals surface area contributed by atoms with Gasteiger partial charge in [-0.25, -0.2) is 8.60 Å². The monoisotopic (exact) mass is 376 g/mol. The maximum absolute atomic E-state index is 14.4. The Hall–Kier alpha value is -1.91. The minimum absolute atomic E-state index is 0.322. The molecule has 0 aliphatic carbocycles. The normalized spacial score (nSPS) is 17.6. The zero-order valence-corrected chi connectivity index (χ0v) is 14.9. The third-order valence-electron chi connectivity index (χ3n) is 4.18. The number of hydrogen-bond donors (Lipinski definition) is 3. The van der Waals surface area contributed by atoms with Gasteiger partial charge in [0.15, 0.2) is 15.8 Å². The van der Waals surface area contributed by atoms with Crippen molar-refractivity contribution >= 4 is 22.7 Å². The Kier molecular flexibility index (Phi) is 6.38. The van der Waals surface area contributed by atoms with Crippen LogP contribution in [0.5, 0.6) is 0 Å². The molecule has 140 valence electrons. The van der Waals surface area contributed by atoms with Gasteiger partial charge in [0.25, 0.3) is 5.69 Å². The molecule has 0 saturated carbocycles. The lowest BCUT2D eigenvalue weighted by Gasteiger charge is -2.43. The van der Waals surface area contributed by atoms with Gasteiger partial charge in [-0.1, -0.05) is 20.8 Å². The highest BCUT2D eigenvalue weighted by Gasteiger charge is 2.60. The van der Waals surface area contributed by atoms with E-state index in [1.165, 1.54) is 6.92 Å². The summed E-state index contributed by atoms with van der Waals surface area (Å²) in [7, 11) is 0. The minimum atomic E-state index is -2.97. The molecule has 0 aromatic heterocycles. The molecule has 0 radical (unpaired) electrons. The lowest BCUT2D eigenvalue weighted by atomic mass is 9.73. The Labute approximate surface area is 146 Å². The minimum Gasteiger partial charge on any atom is -0.383 e. The average molecular weight is 376 g/mol. The van der Waals surface area contributed by atoms with Crippen LogP contribution in [0.15, 0.2) is 18.2 Å². The van der Waals surface area contributed by atoms with Gasteiger partial charge in [0.1, 0.15) is 11.4 Å². The predicted molar refractivity (Wildman–Crippen MR) is 89.4 cm³/mol. The Morgan fingerprint density at radius 2 is 2.04 bits per heavy atom. The molecule has 1 aromatic rings. The second-order valence-electron chi connectivity index (χ2n) is 6.17. The molecule has 1 aromatic carbocycles. The van der Waals surface area contributed by atoms with Gasteiger partial charge in [0.2, 0.25) is 5.91 Å². The molecule has 3 atom stereocenters. The van der Waals surface area contributed by atoms with E-state index < -0.39 is 49.3 Å². The zero-order chi connectivity index (χ0) is 19.6. The molecule has 0 bridgehead atoms. The summed E-state index contributed by atoms with van der Waals surface area (Å²) in [6.07, 6.45) is -0.690. The number of hydrogen-bond acceptors (Lipinski definition) is 5. The molecule has 25 heavy (non-hydrogen) atoms. The smallest absolute Gasteiger partial charge is 0.270 e. The van der Waals surface area contributed by atoms with Crippen LogP contribution in [0, 0.1) is 21.8 Å². The van der Waals surface area contributed by atoms with Gasteiger partial charge in [0.05, 0.1) is 4.92 Å². The van der Waals surface area contributed by atoms with Gasteiger partial charge in [-0.05, 0) is 24.8 Å². The number of nitrogens with two attached hydrogens (primary N) is 1. The summed E-state index contributed by atoms with van der Waals surface area (Å²) in [5.41, 5.74) is 1.69. The second kappa shape index (κ2) is 7.54. The van der Waals surface area contributed by atoms with E-state index in [2.05, 4.69) is 0 Å². The SMILES string of the molecule is CCC(O)(c1cc([N+](=O)[O-])ccc1F)C(CC(C)C)(C(N)=O)S(=O)O. The van der Waals surface area contributed by atoms with Crippen LogP contribution in [0.25, 0.3) is 0 Å². The van der Waals surface area contributed by atoms with Gasteiger partial charge in [-0.15, -0.1) is 0 Å². The van der Waals surface area contributed by atoms with Crippen molar-refractivity contribution in [1.29, 1.82) is 0 Å². The van der Waals surface area contributed by atoms with E-state index in [1.54, 1.807) is 13.8 Å². The van der Waals surface area contributed by atoms with Crippen LogP contribution >= 0.6 is 0 Å². The van der Waals surface area contributed by atoms with Crippen molar-refractivity contribution in [3.63, 3.8) is 0 Å².